The van der Waals surface area contributed by atoms with Crippen molar-refractivity contribution in [3.63, 3.8) is 0 Å². The second kappa shape index (κ2) is 7.05. The lowest BCUT2D eigenvalue weighted by molar-refractivity contribution is 0.545. The van der Waals surface area contributed by atoms with Crippen LogP contribution < -0.4 is 0 Å². The Morgan fingerprint density at radius 2 is 1.65 bits per heavy atom. The summed E-state index contributed by atoms with van der Waals surface area (Å²) in [4.78, 5) is 0. The van der Waals surface area contributed by atoms with Gasteiger partial charge in [0.1, 0.15) is 11.6 Å². The van der Waals surface area contributed by atoms with Crippen molar-refractivity contribution in [2.75, 3.05) is 5.88 Å². The number of rotatable bonds is 5. The molecule has 20 heavy (non-hydrogen) atoms. The van der Waals surface area contributed by atoms with Gasteiger partial charge < -0.3 is 0 Å². The average molecular weight is 315 g/mol. The highest BCUT2D eigenvalue weighted by molar-refractivity contribution is 6.30. The molecule has 2 aromatic carbocycles. The summed E-state index contributed by atoms with van der Waals surface area (Å²) in [6.07, 6.45) is 1.18. The van der Waals surface area contributed by atoms with Crippen LogP contribution in [0.25, 0.3) is 0 Å². The predicted octanol–water partition coefficient (Wildman–Crippen LogP) is 5.26. The smallest absolute Gasteiger partial charge is 0.144 e. The molecule has 4 heteroatoms. The van der Waals surface area contributed by atoms with Crippen LogP contribution in [0.1, 0.15) is 11.1 Å². The highest BCUT2D eigenvalue weighted by atomic mass is 35.5. The number of alkyl halides is 1. The van der Waals surface area contributed by atoms with Gasteiger partial charge in [-0.15, -0.1) is 11.6 Å². The van der Waals surface area contributed by atoms with Crippen molar-refractivity contribution in [2.24, 2.45) is 5.92 Å². The van der Waals surface area contributed by atoms with Crippen LogP contribution in [0.15, 0.2) is 42.5 Å². The number of hydrogen-bond acceptors (Lipinski definition) is 0. The van der Waals surface area contributed by atoms with E-state index in [1.54, 1.807) is 24.3 Å². The molecule has 0 amide bonds. The van der Waals surface area contributed by atoms with E-state index in [1.807, 2.05) is 0 Å². The first-order valence-corrected chi connectivity index (χ1v) is 7.24. The SMILES string of the molecule is Fc1ccc(CC(CCl)Cc2cccc(Cl)c2F)cc1. The molecule has 2 rings (SSSR count). The standard InChI is InChI=1S/C16H14Cl2F2/c17-10-12(8-11-4-6-14(19)7-5-11)9-13-2-1-3-15(18)16(13)20/h1-7,12H,8-10H2. The summed E-state index contributed by atoms with van der Waals surface area (Å²) in [5.74, 6) is -0.167. The van der Waals surface area contributed by atoms with E-state index < -0.39 is 0 Å². The first kappa shape index (κ1) is 15.3. The molecule has 0 saturated carbocycles. The monoisotopic (exact) mass is 314 g/mol. The first-order chi connectivity index (χ1) is 9.60. The Labute approximate surface area is 127 Å². The Morgan fingerprint density at radius 1 is 0.950 bits per heavy atom. The van der Waals surface area contributed by atoms with Crippen LogP contribution in [0, 0.1) is 17.6 Å². The minimum absolute atomic E-state index is 0.0788. The van der Waals surface area contributed by atoms with Gasteiger partial charge in [0, 0.05) is 5.88 Å². The van der Waals surface area contributed by atoms with Gasteiger partial charge in [-0.05, 0) is 48.1 Å². The molecule has 1 unspecified atom stereocenters. The zero-order valence-electron chi connectivity index (χ0n) is 10.8. The van der Waals surface area contributed by atoms with Crippen LogP contribution in [-0.4, -0.2) is 5.88 Å². The van der Waals surface area contributed by atoms with Crippen molar-refractivity contribution in [3.05, 3.63) is 70.2 Å². The molecular formula is C16H14Cl2F2. The van der Waals surface area contributed by atoms with Gasteiger partial charge in [-0.2, -0.15) is 0 Å². The molecular weight excluding hydrogens is 301 g/mol. The minimum Gasteiger partial charge on any atom is -0.207 e. The maximum absolute atomic E-state index is 13.9. The molecule has 0 bridgehead atoms. The minimum atomic E-state index is -0.386. The maximum atomic E-state index is 13.9. The van der Waals surface area contributed by atoms with Crippen LogP contribution in [0.5, 0.6) is 0 Å². The summed E-state index contributed by atoms with van der Waals surface area (Å²) >= 11 is 11.7. The summed E-state index contributed by atoms with van der Waals surface area (Å²) in [6.45, 7) is 0. The number of benzene rings is 2. The lowest BCUT2D eigenvalue weighted by atomic mass is 9.94. The van der Waals surface area contributed by atoms with E-state index in [9.17, 15) is 8.78 Å². The Kier molecular flexibility index (Phi) is 5.38. The summed E-state index contributed by atoms with van der Waals surface area (Å²) in [5.41, 5.74) is 1.55. The van der Waals surface area contributed by atoms with Gasteiger partial charge in [0.05, 0.1) is 5.02 Å². The third-order valence-corrected chi connectivity index (χ3v) is 3.92. The summed E-state index contributed by atoms with van der Waals surface area (Å²) in [5, 5.41) is 0.123. The third kappa shape index (κ3) is 3.94. The zero-order valence-corrected chi connectivity index (χ0v) is 12.3. The Bertz CT molecular complexity index is 567. The van der Waals surface area contributed by atoms with E-state index in [0.717, 1.165) is 5.56 Å². The van der Waals surface area contributed by atoms with E-state index in [2.05, 4.69) is 0 Å². The van der Waals surface area contributed by atoms with Crippen molar-refractivity contribution >= 4 is 23.2 Å². The third-order valence-electron chi connectivity index (χ3n) is 3.20. The second-order valence-corrected chi connectivity index (χ2v) is 5.48. The normalized spacial score (nSPS) is 12.4. The Hall–Kier alpha value is -1.12. The first-order valence-electron chi connectivity index (χ1n) is 6.33. The fraction of sp³-hybridized carbons (Fsp3) is 0.250. The molecule has 106 valence electrons. The van der Waals surface area contributed by atoms with Gasteiger partial charge in [0.15, 0.2) is 0 Å². The second-order valence-electron chi connectivity index (χ2n) is 4.77. The molecule has 1 atom stereocenters. The molecule has 0 saturated heterocycles. The topological polar surface area (TPSA) is 0 Å². The molecule has 0 aromatic heterocycles. The lowest BCUT2D eigenvalue weighted by Crippen LogP contribution is -2.11. The van der Waals surface area contributed by atoms with Crippen molar-refractivity contribution in [1.82, 2.24) is 0 Å². The summed E-state index contributed by atoms with van der Waals surface area (Å²) in [6, 6.07) is 11.2. The van der Waals surface area contributed by atoms with Gasteiger partial charge in [-0.3, -0.25) is 0 Å². The fourth-order valence-electron chi connectivity index (χ4n) is 2.15. The molecule has 0 N–H and O–H groups in total. The summed E-state index contributed by atoms with van der Waals surface area (Å²) < 4.78 is 26.7. The Morgan fingerprint density at radius 3 is 2.30 bits per heavy atom. The molecule has 0 spiro atoms. The van der Waals surface area contributed by atoms with Crippen LogP contribution in [0.4, 0.5) is 8.78 Å². The molecule has 2 aromatic rings. The largest absolute Gasteiger partial charge is 0.207 e. The lowest BCUT2D eigenvalue weighted by Gasteiger charge is -2.15. The van der Waals surface area contributed by atoms with Gasteiger partial charge in [0.2, 0.25) is 0 Å². The molecule has 0 radical (unpaired) electrons. The number of halogens is 4. The van der Waals surface area contributed by atoms with E-state index in [1.165, 1.54) is 18.2 Å². The van der Waals surface area contributed by atoms with Crippen molar-refractivity contribution < 1.29 is 8.78 Å². The van der Waals surface area contributed by atoms with E-state index in [-0.39, 0.29) is 22.6 Å². The van der Waals surface area contributed by atoms with Gasteiger partial charge in [0.25, 0.3) is 0 Å². The maximum Gasteiger partial charge on any atom is 0.144 e. The van der Waals surface area contributed by atoms with Crippen molar-refractivity contribution in [2.45, 2.75) is 12.8 Å². The average Bonchev–Trinajstić information content (AvgIpc) is 2.45. The summed E-state index contributed by atoms with van der Waals surface area (Å²) in [7, 11) is 0. The van der Waals surface area contributed by atoms with Crippen LogP contribution in [0.2, 0.25) is 5.02 Å². The molecule has 0 aliphatic carbocycles. The number of hydrogen-bond donors (Lipinski definition) is 0. The Balaban J connectivity index is 2.09. The van der Waals surface area contributed by atoms with Gasteiger partial charge in [-0.25, -0.2) is 8.78 Å². The zero-order chi connectivity index (χ0) is 14.5. The molecule has 0 nitrogen and oxygen atoms in total. The van der Waals surface area contributed by atoms with Gasteiger partial charge in [-0.1, -0.05) is 35.9 Å². The molecule has 0 fully saturated rings. The van der Waals surface area contributed by atoms with Gasteiger partial charge >= 0.3 is 0 Å². The van der Waals surface area contributed by atoms with E-state index in [0.29, 0.717) is 24.3 Å². The van der Waals surface area contributed by atoms with Crippen LogP contribution in [0.3, 0.4) is 0 Å². The fourth-order valence-corrected chi connectivity index (χ4v) is 2.56. The van der Waals surface area contributed by atoms with Crippen molar-refractivity contribution in [1.29, 1.82) is 0 Å². The van der Waals surface area contributed by atoms with Crippen LogP contribution >= 0.6 is 23.2 Å². The predicted molar refractivity (Wildman–Crippen MR) is 79.4 cm³/mol. The molecule has 0 heterocycles. The van der Waals surface area contributed by atoms with E-state index in [4.69, 9.17) is 23.2 Å². The quantitative estimate of drug-likeness (QED) is 0.660. The molecule has 0 aliphatic heterocycles. The highest BCUT2D eigenvalue weighted by Gasteiger charge is 2.14. The molecule has 0 aliphatic rings. The van der Waals surface area contributed by atoms with Crippen molar-refractivity contribution in [3.8, 4) is 0 Å². The van der Waals surface area contributed by atoms with E-state index >= 15 is 0 Å². The van der Waals surface area contributed by atoms with Crippen LogP contribution in [-0.2, 0) is 12.8 Å². The highest BCUT2D eigenvalue weighted by Crippen LogP contribution is 2.23.